The fourth-order valence-corrected chi connectivity index (χ4v) is 4.48. The third kappa shape index (κ3) is 4.71. The molecule has 2 aliphatic rings. The third-order valence-corrected chi connectivity index (χ3v) is 6.29. The first-order chi connectivity index (χ1) is 16.6. The van der Waals surface area contributed by atoms with Crippen molar-refractivity contribution in [3.63, 3.8) is 0 Å². The molecule has 2 aliphatic heterocycles. The predicted molar refractivity (Wildman–Crippen MR) is 129 cm³/mol. The fourth-order valence-electron chi connectivity index (χ4n) is 4.48. The number of aryl methyl sites for hydroxylation is 1. The van der Waals surface area contributed by atoms with Gasteiger partial charge in [0, 0.05) is 50.9 Å². The van der Waals surface area contributed by atoms with Crippen LogP contribution in [0.1, 0.15) is 12.0 Å². The van der Waals surface area contributed by atoms with Crippen LogP contribution in [-0.2, 0) is 9.59 Å². The van der Waals surface area contributed by atoms with Gasteiger partial charge in [0.25, 0.3) is 0 Å². The lowest BCUT2D eigenvalue weighted by Gasteiger charge is -2.36. The molecular formula is C26H27N5O3. The predicted octanol–water partition coefficient (Wildman–Crippen LogP) is 3.28. The summed E-state index contributed by atoms with van der Waals surface area (Å²) in [5.41, 5.74) is 1.96. The maximum absolute atomic E-state index is 13.1. The van der Waals surface area contributed by atoms with E-state index in [0.29, 0.717) is 44.4 Å². The van der Waals surface area contributed by atoms with Crippen LogP contribution in [0.25, 0.3) is 0 Å². The number of rotatable bonds is 5. The first-order valence-corrected chi connectivity index (χ1v) is 11.5. The first-order valence-electron chi connectivity index (χ1n) is 11.5. The van der Waals surface area contributed by atoms with Gasteiger partial charge in [-0.05, 0) is 42.8 Å². The maximum Gasteiger partial charge on any atom is 0.238 e. The third-order valence-electron chi connectivity index (χ3n) is 6.29. The van der Waals surface area contributed by atoms with Crippen LogP contribution in [0.15, 0.2) is 66.7 Å². The Morgan fingerprint density at radius 3 is 2.44 bits per heavy atom. The van der Waals surface area contributed by atoms with Gasteiger partial charge >= 0.3 is 0 Å². The van der Waals surface area contributed by atoms with E-state index >= 15 is 0 Å². The minimum absolute atomic E-state index is 0.00988. The largest absolute Gasteiger partial charge is 0.438 e. The van der Waals surface area contributed by atoms with Gasteiger partial charge in [-0.3, -0.25) is 9.59 Å². The normalized spacial score (nSPS) is 18.3. The molecule has 0 saturated carbocycles. The van der Waals surface area contributed by atoms with Gasteiger partial charge in [-0.25, -0.2) is 0 Å². The number of piperazine rings is 1. The number of hydrogen-bond donors (Lipinski definition) is 0. The average molecular weight is 458 g/mol. The van der Waals surface area contributed by atoms with Crippen molar-refractivity contribution in [1.29, 1.82) is 0 Å². The van der Waals surface area contributed by atoms with E-state index < -0.39 is 0 Å². The molecule has 2 amide bonds. The van der Waals surface area contributed by atoms with Crippen LogP contribution in [-0.4, -0.2) is 59.6 Å². The number of carbonyl (C=O) groups is 2. The smallest absolute Gasteiger partial charge is 0.238 e. The Bertz CT molecular complexity index is 1160. The van der Waals surface area contributed by atoms with Crippen LogP contribution in [0.3, 0.4) is 0 Å². The van der Waals surface area contributed by atoms with Gasteiger partial charge in [0.15, 0.2) is 5.82 Å². The van der Waals surface area contributed by atoms with Gasteiger partial charge < -0.3 is 19.4 Å². The highest BCUT2D eigenvalue weighted by molar-refractivity contribution is 6.00. The summed E-state index contributed by atoms with van der Waals surface area (Å²) in [7, 11) is 0. The zero-order valence-electron chi connectivity index (χ0n) is 19.1. The molecule has 5 rings (SSSR count). The molecule has 0 aliphatic carbocycles. The minimum Gasteiger partial charge on any atom is -0.438 e. The number of aromatic nitrogens is 2. The van der Waals surface area contributed by atoms with Gasteiger partial charge in [-0.15, -0.1) is 10.2 Å². The molecule has 34 heavy (non-hydrogen) atoms. The van der Waals surface area contributed by atoms with Gasteiger partial charge in [-0.1, -0.05) is 30.3 Å². The lowest BCUT2D eigenvalue weighted by atomic mass is 10.1. The summed E-state index contributed by atoms with van der Waals surface area (Å²) < 4.78 is 5.71. The molecular weight excluding hydrogens is 430 g/mol. The SMILES string of the molecule is Cc1cccc(N2CC(C(=O)N3CCN(c4ccc(Oc5ccccc5)nn4)CC3)CC2=O)c1. The number of para-hydroxylation sites is 1. The minimum atomic E-state index is -0.297. The molecule has 1 unspecified atom stereocenters. The Hall–Kier alpha value is -3.94. The monoisotopic (exact) mass is 457 g/mol. The Morgan fingerprint density at radius 1 is 0.941 bits per heavy atom. The summed E-state index contributed by atoms with van der Waals surface area (Å²) in [5.74, 6) is 1.68. The summed E-state index contributed by atoms with van der Waals surface area (Å²) >= 11 is 0. The number of ether oxygens (including phenoxy) is 1. The van der Waals surface area contributed by atoms with E-state index in [1.165, 1.54) is 0 Å². The maximum atomic E-state index is 13.1. The highest BCUT2D eigenvalue weighted by atomic mass is 16.5. The second kappa shape index (κ2) is 9.51. The molecule has 1 atom stereocenters. The Labute approximate surface area is 198 Å². The molecule has 8 nitrogen and oxygen atoms in total. The van der Waals surface area contributed by atoms with Crippen molar-refractivity contribution >= 4 is 23.3 Å². The van der Waals surface area contributed by atoms with Crippen molar-refractivity contribution in [2.24, 2.45) is 5.92 Å². The van der Waals surface area contributed by atoms with Crippen molar-refractivity contribution in [2.45, 2.75) is 13.3 Å². The van der Waals surface area contributed by atoms with E-state index in [2.05, 4.69) is 15.1 Å². The Morgan fingerprint density at radius 2 is 1.74 bits per heavy atom. The van der Waals surface area contributed by atoms with E-state index in [1.807, 2.05) is 72.5 Å². The Kier molecular flexibility index (Phi) is 6.12. The van der Waals surface area contributed by atoms with Crippen LogP contribution in [0, 0.1) is 12.8 Å². The van der Waals surface area contributed by atoms with Gasteiger partial charge in [0.1, 0.15) is 5.75 Å². The summed E-state index contributed by atoms with van der Waals surface area (Å²) in [6, 6.07) is 21.0. The molecule has 1 aromatic heterocycles. The van der Waals surface area contributed by atoms with Crippen molar-refractivity contribution in [3.05, 3.63) is 72.3 Å². The lowest BCUT2D eigenvalue weighted by molar-refractivity contribution is -0.136. The molecule has 3 aromatic rings. The number of nitrogens with zero attached hydrogens (tertiary/aromatic N) is 5. The summed E-state index contributed by atoms with van der Waals surface area (Å²) in [5, 5.41) is 8.48. The molecule has 2 saturated heterocycles. The van der Waals surface area contributed by atoms with Crippen LogP contribution in [0.4, 0.5) is 11.5 Å². The van der Waals surface area contributed by atoms with E-state index in [0.717, 1.165) is 17.1 Å². The van der Waals surface area contributed by atoms with Crippen LogP contribution < -0.4 is 14.5 Å². The second-order valence-corrected chi connectivity index (χ2v) is 8.70. The molecule has 0 spiro atoms. The molecule has 2 fully saturated rings. The van der Waals surface area contributed by atoms with E-state index in [4.69, 9.17) is 4.74 Å². The number of benzene rings is 2. The zero-order chi connectivity index (χ0) is 23.5. The Balaban J connectivity index is 1.15. The number of amides is 2. The van der Waals surface area contributed by atoms with Crippen LogP contribution >= 0.6 is 0 Å². The van der Waals surface area contributed by atoms with E-state index in [1.54, 1.807) is 11.0 Å². The second-order valence-electron chi connectivity index (χ2n) is 8.70. The molecule has 2 aromatic carbocycles. The molecule has 0 radical (unpaired) electrons. The van der Waals surface area contributed by atoms with Crippen molar-refractivity contribution in [3.8, 4) is 11.6 Å². The van der Waals surface area contributed by atoms with Crippen LogP contribution in [0.2, 0.25) is 0 Å². The topological polar surface area (TPSA) is 78.9 Å². The number of anilines is 2. The zero-order valence-corrected chi connectivity index (χ0v) is 19.1. The van der Waals surface area contributed by atoms with Gasteiger partial charge in [-0.2, -0.15) is 0 Å². The van der Waals surface area contributed by atoms with E-state index in [-0.39, 0.29) is 24.2 Å². The molecule has 8 heteroatoms. The summed E-state index contributed by atoms with van der Waals surface area (Å²) in [4.78, 5) is 31.4. The van der Waals surface area contributed by atoms with Crippen molar-refractivity contribution in [2.75, 3.05) is 42.5 Å². The lowest BCUT2D eigenvalue weighted by Crippen LogP contribution is -2.51. The molecule has 0 bridgehead atoms. The number of hydrogen-bond acceptors (Lipinski definition) is 6. The van der Waals surface area contributed by atoms with E-state index in [9.17, 15) is 9.59 Å². The molecule has 0 N–H and O–H groups in total. The van der Waals surface area contributed by atoms with Gasteiger partial charge in [0.2, 0.25) is 17.7 Å². The molecule has 3 heterocycles. The highest BCUT2D eigenvalue weighted by Gasteiger charge is 2.38. The number of carbonyl (C=O) groups excluding carboxylic acids is 2. The standard InChI is InChI=1S/C26H27N5O3/c1-19-6-5-7-21(16-19)31-18-20(17-25(31)32)26(33)30-14-12-29(13-15-30)23-10-11-24(28-27-23)34-22-8-3-2-4-9-22/h2-11,16,20H,12-15,17-18H2,1H3. The average Bonchev–Trinajstić information content (AvgIpc) is 3.26. The summed E-state index contributed by atoms with van der Waals surface area (Å²) in [6.07, 6.45) is 0.265. The highest BCUT2D eigenvalue weighted by Crippen LogP contribution is 2.28. The van der Waals surface area contributed by atoms with Crippen molar-refractivity contribution < 1.29 is 14.3 Å². The van der Waals surface area contributed by atoms with Gasteiger partial charge in [0.05, 0.1) is 5.92 Å². The summed E-state index contributed by atoms with van der Waals surface area (Å²) in [6.45, 7) is 4.97. The first kappa shape index (κ1) is 21.9. The quantitative estimate of drug-likeness (QED) is 0.585. The molecule has 174 valence electrons. The van der Waals surface area contributed by atoms with Crippen LogP contribution in [0.5, 0.6) is 11.6 Å². The van der Waals surface area contributed by atoms with Crippen molar-refractivity contribution in [1.82, 2.24) is 15.1 Å². The fraction of sp³-hybridized carbons (Fsp3) is 0.308.